The summed E-state index contributed by atoms with van der Waals surface area (Å²) in [6, 6.07) is 13.1. The maximum absolute atomic E-state index is 6.42. The lowest BCUT2D eigenvalue weighted by Crippen LogP contribution is -2.13. The molecule has 3 aromatic heterocycles. The van der Waals surface area contributed by atoms with Crippen LogP contribution in [0.25, 0.3) is 43.3 Å². The second kappa shape index (κ2) is 6.17. The average Bonchev–Trinajstić information content (AvgIpc) is 3.16. The zero-order valence-electron chi connectivity index (χ0n) is 17.8. The summed E-state index contributed by atoms with van der Waals surface area (Å²) in [7, 11) is 0. The summed E-state index contributed by atoms with van der Waals surface area (Å²) < 4.78 is 7.71. The maximum Gasteiger partial charge on any atom is 0.144 e. The number of pyridine rings is 1. The highest BCUT2D eigenvalue weighted by Gasteiger charge is 2.20. The van der Waals surface area contributed by atoms with Gasteiger partial charge in [-0.15, -0.1) is 11.3 Å². The number of nitrogens with zero attached hydrogens (tertiary/aromatic N) is 1. The van der Waals surface area contributed by atoms with Crippen molar-refractivity contribution in [3.05, 3.63) is 64.2 Å². The Kier molecular flexibility index (Phi) is 3.91. The number of rotatable bonds is 1. The third-order valence-electron chi connectivity index (χ3n) is 5.98. The van der Waals surface area contributed by atoms with Gasteiger partial charge >= 0.3 is 0 Å². The number of furan rings is 1. The van der Waals surface area contributed by atoms with Crippen LogP contribution in [-0.4, -0.2) is 4.98 Å². The first-order valence-corrected chi connectivity index (χ1v) is 10.9. The Bertz CT molecular complexity index is 1410. The minimum Gasteiger partial charge on any atom is -0.455 e. The lowest BCUT2D eigenvalue weighted by Gasteiger charge is -2.22. The molecule has 3 heteroatoms. The van der Waals surface area contributed by atoms with E-state index in [0.29, 0.717) is 0 Å². The van der Waals surface area contributed by atoms with Gasteiger partial charge in [0.1, 0.15) is 11.2 Å². The van der Waals surface area contributed by atoms with Gasteiger partial charge in [0.15, 0.2) is 0 Å². The van der Waals surface area contributed by atoms with E-state index in [1.54, 1.807) is 0 Å². The van der Waals surface area contributed by atoms with Crippen LogP contribution in [0.5, 0.6) is 0 Å². The standard InChI is InChI=1S/C26H25NOS/c1-14-13-27-22(11-21(14)26(4,5)6)18-9-7-8-17-20-10-19-15(2)16(3)29-24(19)12-23(20)28-25(17)18/h7-13H,1-6H3. The van der Waals surface area contributed by atoms with Gasteiger partial charge in [0, 0.05) is 32.1 Å². The molecule has 0 spiro atoms. The van der Waals surface area contributed by atoms with Crippen LogP contribution in [0, 0.1) is 20.8 Å². The third-order valence-corrected chi connectivity index (χ3v) is 7.15. The van der Waals surface area contributed by atoms with Crippen molar-refractivity contribution in [2.75, 3.05) is 0 Å². The number of hydrogen-bond acceptors (Lipinski definition) is 3. The first-order valence-electron chi connectivity index (χ1n) is 10.1. The number of thiophene rings is 1. The Labute approximate surface area is 175 Å². The number of fused-ring (bicyclic) bond motifs is 4. The van der Waals surface area contributed by atoms with Gasteiger partial charge in [-0.3, -0.25) is 4.98 Å². The molecule has 5 rings (SSSR count). The number of aromatic nitrogens is 1. The Morgan fingerprint density at radius 1 is 0.931 bits per heavy atom. The van der Waals surface area contributed by atoms with Crippen LogP contribution in [0.15, 0.2) is 47.0 Å². The molecule has 0 aliphatic carbocycles. The van der Waals surface area contributed by atoms with E-state index in [0.717, 1.165) is 27.8 Å². The minimum absolute atomic E-state index is 0.0727. The fourth-order valence-corrected chi connectivity index (χ4v) is 5.40. The molecule has 2 aromatic carbocycles. The first kappa shape index (κ1) is 18.4. The monoisotopic (exact) mass is 399 g/mol. The van der Waals surface area contributed by atoms with Crippen molar-refractivity contribution in [2.45, 2.75) is 47.0 Å². The van der Waals surface area contributed by atoms with Crippen LogP contribution < -0.4 is 0 Å². The van der Waals surface area contributed by atoms with Crippen molar-refractivity contribution in [1.29, 1.82) is 0 Å². The van der Waals surface area contributed by atoms with Crippen LogP contribution in [0.4, 0.5) is 0 Å². The summed E-state index contributed by atoms with van der Waals surface area (Å²) in [5, 5.41) is 3.66. The molecular formula is C26H25NOS. The summed E-state index contributed by atoms with van der Waals surface area (Å²) in [6.45, 7) is 13.3. The van der Waals surface area contributed by atoms with Gasteiger partial charge in [0.25, 0.3) is 0 Å². The van der Waals surface area contributed by atoms with Gasteiger partial charge < -0.3 is 4.42 Å². The van der Waals surface area contributed by atoms with Gasteiger partial charge in [-0.1, -0.05) is 32.9 Å². The smallest absolute Gasteiger partial charge is 0.144 e. The Hall–Kier alpha value is -2.65. The van der Waals surface area contributed by atoms with Gasteiger partial charge in [0.2, 0.25) is 0 Å². The van der Waals surface area contributed by atoms with Crippen LogP contribution in [0.2, 0.25) is 0 Å². The minimum atomic E-state index is 0.0727. The highest BCUT2D eigenvalue weighted by Crippen LogP contribution is 2.40. The summed E-state index contributed by atoms with van der Waals surface area (Å²) in [4.78, 5) is 6.13. The molecule has 0 aliphatic rings. The van der Waals surface area contributed by atoms with Gasteiger partial charge in [-0.2, -0.15) is 0 Å². The van der Waals surface area contributed by atoms with Crippen LogP contribution >= 0.6 is 11.3 Å². The predicted octanol–water partition coefficient (Wildman–Crippen LogP) is 8.09. The normalized spacial score (nSPS) is 12.5. The zero-order valence-corrected chi connectivity index (χ0v) is 18.6. The fraction of sp³-hybridized carbons (Fsp3) is 0.269. The van der Waals surface area contributed by atoms with E-state index in [9.17, 15) is 0 Å². The molecule has 29 heavy (non-hydrogen) atoms. The number of hydrogen-bond donors (Lipinski definition) is 0. The largest absolute Gasteiger partial charge is 0.455 e. The lowest BCUT2D eigenvalue weighted by atomic mass is 9.84. The Balaban J connectivity index is 1.80. The summed E-state index contributed by atoms with van der Waals surface area (Å²) in [5.41, 5.74) is 7.89. The second-order valence-corrected chi connectivity index (χ2v) is 10.3. The molecule has 5 aromatic rings. The van der Waals surface area contributed by atoms with E-state index >= 15 is 0 Å². The van der Waals surface area contributed by atoms with Crippen molar-refractivity contribution in [2.24, 2.45) is 0 Å². The van der Waals surface area contributed by atoms with E-state index in [1.165, 1.54) is 37.0 Å². The first-order chi connectivity index (χ1) is 13.7. The summed E-state index contributed by atoms with van der Waals surface area (Å²) >= 11 is 1.84. The molecule has 0 bridgehead atoms. The van der Waals surface area contributed by atoms with Crippen LogP contribution in [0.1, 0.15) is 42.3 Å². The quantitative estimate of drug-likeness (QED) is 0.285. The van der Waals surface area contributed by atoms with Crippen molar-refractivity contribution in [3.8, 4) is 11.3 Å². The SMILES string of the molecule is Cc1cnc(-c2cccc3c2oc2cc4sc(C)c(C)c4cc23)cc1C(C)(C)C. The number of aryl methyl sites for hydroxylation is 3. The van der Waals surface area contributed by atoms with Crippen molar-refractivity contribution in [3.63, 3.8) is 0 Å². The highest BCUT2D eigenvalue weighted by molar-refractivity contribution is 7.19. The second-order valence-electron chi connectivity index (χ2n) is 9.05. The molecule has 0 aliphatic heterocycles. The summed E-state index contributed by atoms with van der Waals surface area (Å²) in [6.07, 6.45) is 1.99. The molecule has 0 radical (unpaired) electrons. The van der Waals surface area contributed by atoms with Gasteiger partial charge in [-0.05, 0) is 72.5 Å². The maximum atomic E-state index is 6.42. The van der Waals surface area contributed by atoms with Crippen LogP contribution in [0.3, 0.4) is 0 Å². The predicted molar refractivity (Wildman–Crippen MR) is 125 cm³/mol. The fourth-order valence-electron chi connectivity index (χ4n) is 4.31. The Morgan fingerprint density at radius 3 is 2.48 bits per heavy atom. The molecule has 0 atom stereocenters. The molecule has 3 heterocycles. The highest BCUT2D eigenvalue weighted by atomic mass is 32.1. The van der Waals surface area contributed by atoms with Gasteiger partial charge in [-0.25, -0.2) is 0 Å². The lowest BCUT2D eigenvalue weighted by molar-refractivity contribution is 0.585. The van der Waals surface area contributed by atoms with E-state index in [-0.39, 0.29) is 5.41 Å². The van der Waals surface area contributed by atoms with E-state index in [1.807, 2.05) is 17.5 Å². The van der Waals surface area contributed by atoms with E-state index < -0.39 is 0 Å². The summed E-state index contributed by atoms with van der Waals surface area (Å²) in [5.74, 6) is 0. The molecule has 0 unspecified atom stereocenters. The molecule has 0 saturated heterocycles. The van der Waals surface area contributed by atoms with E-state index in [2.05, 4.69) is 77.9 Å². The Morgan fingerprint density at radius 2 is 1.72 bits per heavy atom. The van der Waals surface area contributed by atoms with Gasteiger partial charge in [0.05, 0.1) is 5.69 Å². The molecule has 146 valence electrons. The molecule has 2 nitrogen and oxygen atoms in total. The van der Waals surface area contributed by atoms with Crippen molar-refractivity contribution < 1.29 is 4.42 Å². The molecule has 0 N–H and O–H groups in total. The topological polar surface area (TPSA) is 26.0 Å². The van der Waals surface area contributed by atoms with Crippen molar-refractivity contribution >= 4 is 43.4 Å². The number of benzene rings is 2. The van der Waals surface area contributed by atoms with Crippen molar-refractivity contribution in [1.82, 2.24) is 4.98 Å². The molecule has 0 amide bonds. The molecular weight excluding hydrogens is 374 g/mol. The third kappa shape index (κ3) is 2.79. The molecule has 0 saturated carbocycles. The molecule has 0 fully saturated rings. The zero-order chi connectivity index (χ0) is 20.5. The van der Waals surface area contributed by atoms with Crippen LogP contribution in [-0.2, 0) is 5.41 Å². The average molecular weight is 400 g/mol. The van der Waals surface area contributed by atoms with E-state index in [4.69, 9.17) is 9.40 Å². The number of para-hydroxylation sites is 1.